The van der Waals surface area contributed by atoms with Gasteiger partial charge in [-0.2, -0.15) is 0 Å². The van der Waals surface area contributed by atoms with E-state index in [-0.39, 0.29) is 41.1 Å². The zero-order valence-corrected chi connectivity index (χ0v) is 21.1. The van der Waals surface area contributed by atoms with Crippen LogP contribution in [-0.2, 0) is 11.3 Å². The molecule has 0 saturated carbocycles. The molecule has 9 heteroatoms. The van der Waals surface area contributed by atoms with Crippen LogP contribution in [0.15, 0.2) is 18.2 Å². The van der Waals surface area contributed by atoms with Crippen molar-refractivity contribution >= 4 is 23.7 Å². The van der Waals surface area contributed by atoms with Crippen molar-refractivity contribution in [2.75, 3.05) is 20.2 Å². The van der Waals surface area contributed by atoms with E-state index in [0.717, 1.165) is 12.8 Å². The number of ether oxygens (including phenoxy) is 4. The van der Waals surface area contributed by atoms with Gasteiger partial charge >= 0.3 is 12.1 Å². The van der Waals surface area contributed by atoms with Crippen LogP contribution in [0.3, 0.4) is 0 Å². The van der Waals surface area contributed by atoms with Crippen LogP contribution in [0.4, 0.5) is 4.79 Å². The third-order valence-corrected chi connectivity index (χ3v) is 6.72. The predicted octanol–water partition coefficient (Wildman–Crippen LogP) is 5.79. The zero-order valence-electron chi connectivity index (χ0n) is 20.4. The number of rotatable bonds is 5. The van der Waals surface area contributed by atoms with Gasteiger partial charge in [-0.1, -0.05) is 25.4 Å². The molecule has 2 aliphatic heterocycles. The smallest absolute Gasteiger partial charge is 0.415 e. The van der Waals surface area contributed by atoms with Gasteiger partial charge < -0.3 is 29.0 Å². The first-order chi connectivity index (χ1) is 16.7. The Labute approximate surface area is 209 Å². The molecule has 0 bridgehead atoms. The topological polar surface area (TPSA) is 94.5 Å². The minimum Gasteiger partial charge on any atom is -0.495 e. The maximum absolute atomic E-state index is 13.1. The fourth-order valence-electron chi connectivity index (χ4n) is 4.42. The van der Waals surface area contributed by atoms with Gasteiger partial charge in [0.05, 0.1) is 23.8 Å². The van der Waals surface area contributed by atoms with Gasteiger partial charge in [0.15, 0.2) is 11.5 Å². The number of halogens is 1. The summed E-state index contributed by atoms with van der Waals surface area (Å²) in [5, 5.41) is 11.1. The molecular formula is C26H30ClNO7. The Morgan fingerprint density at radius 3 is 2.63 bits per heavy atom. The number of nitrogens with zero attached hydrogens (tertiary/aromatic N) is 1. The number of hydrogen-bond acceptors (Lipinski definition) is 7. The maximum atomic E-state index is 13.1. The summed E-state index contributed by atoms with van der Waals surface area (Å²) in [6.45, 7) is 6.84. The van der Waals surface area contributed by atoms with Crippen molar-refractivity contribution in [2.24, 2.45) is 5.92 Å². The van der Waals surface area contributed by atoms with Gasteiger partial charge in [0, 0.05) is 18.7 Å². The molecule has 0 unspecified atom stereocenters. The van der Waals surface area contributed by atoms with E-state index in [1.54, 1.807) is 30.0 Å². The number of aliphatic hydroxyl groups is 1. The molecule has 1 fully saturated rings. The highest BCUT2D eigenvalue weighted by Gasteiger charge is 2.32. The standard InChI is InChI=1S/C26H30ClNO7/c1-14(2)11-18(29)16-7-8-19-21(24(16)32-4)25(30)33-13-17-22(27)15(3)12-20(23(17)34-19)35-26(31)28-9-5-6-10-28/h7-8,12,14,18,29H,5-6,9-11,13H2,1-4H3/t18-/m0/s1. The first kappa shape index (κ1) is 25.1. The first-order valence-electron chi connectivity index (χ1n) is 11.7. The van der Waals surface area contributed by atoms with Crippen LogP contribution in [-0.4, -0.2) is 42.3 Å². The molecule has 2 aromatic rings. The normalized spacial score (nSPS) is 16.0. The lowest BCUT2D eigenvalue weighted by molar-refractivity contribution is 0.0453. The summed E-state index contributed by atoms with van der Waals surface area (Å²) in [4.78, 5) is 27.5. The minimum atomic E-state index is -0.838. The van der Waals surface area contributed by atoms with E-state index in [9.17, 15) is 14.7 Å². The largest absolute Gasteiger partial charge is 0.495 e. The number of aliphatic hydroxyl groups excluding tert-OH is 1. The Bertz CT molecular complexity index is 1140. The quantitative estimate of drug-likeness (QED) is 0.515. The number of benzene rings is 2. The Balaban J connectivity index is 1.79. The molecule has 8 nitrogen and oxygen atoms in total. The lowest BCUT2D eigenvalue weighted by atomic mass is 9.96. The number of hydrogen-bond donors (Lipinski definition) is 1. The van der Waals surface area contributed by atoms with Gasteiger partial charge in [0.1, 0.15) is 23.7 Å². The Morgan fingerprint density at radius 1 is 1.26 bits per heavy atom. The SMILES string of the molecule is COc1c([C@@H](O)CC(C)C)ccc2c1C(=O)OCc1c(Cl)c(C)cc(OC(=O)N3CCCC3)c1O2. The average Bonchev–Trinajstić information content (AvgIpc) is 3.34. The van der Waals surface area contributed by atoms with E-state index in [1.807, 2.05) is 13.8 Å². The van der Waals surface area contributed by atoms with Crippen molar-refractivity contribution in [3.05, 3.63) is 45.5 Å². The summed E-state index contributed by atoms with van der Waals surface area (Å²) < 4.78 is 23.0. The molecule has 188 valence electrons. The Hall–Kier alpha value is -2.97. The second-order valence-corrected chi connectivity index (χ2v) is 9.64. The minimum absolute atomic E-state index is 0.0481. The number of carbonyl (C=O) groups is 2. The van der Waals surface area contributed by atoms with Crippen molar-refractivity contribution in [3.63, 3.8) is 0 Å². The first-order valence-corrected chi connectivity index (χ1v) is 12.1. The lowest BCUT2D eigenvalue weighted by Crippen LogP contribution is -2.30. The molecule has 2 aliphatic rings. The van der Waals surface area contributed by atoms with E-state index in [4.69, 9.17) is 30.5 Å². The van der Waals surface area contributed by atoms with E-state index in [2.05, 4.69) is 0 Å². The van der Waals surface area contributed by atoms with Gasteiger partial charge in [-0.05, 0) is 55.9 Å². The summed E-state index contributed by atoms with van der Waals surface area (Å²) >= 11 is 6.54. The summed E-state index contributed by atoms with van der Waals surface area (Å²) in [6, 6.07) is 4.87. The summed E-state index contributed by atoms with van der Waals surface area (Å²) in [5.74, 6) is 0.258. The number of likely N-dealkylation sites (tertiary alicyclic amines) is 1. The molecule has 1 atom stereocenters. The van der Waals surface area contributed by atoms with Crippen LogP contribution in [0.2, 0.25) is 5.02 Å². The summed E-state index contributed by atoms with van der Waals surface area (Å²) in [6.07, 6.45) is 1.03. The number of amides is 1. The fourth-order valence-corrected chi connectivity index (χ4v) is 4.62. The molecule has 2 aromatic carbocycles. The van der Waals surface area contributed by atoms with E-state index < -0.39 is 18.2 Å². The summed E-state index contributed by atoms with van der Waals surface area (Å²) in [5.41, 5.74) is 1.56. The molecule has 35 heavy (non-hydrogen) atoms. The number of fused-ring (bicyclic) bond motifs is 2. The molecule has 0 aromatic heterocycles. The van der Waals surface area contributed by atoms with Crippen molar-refractivity contribution in [1.82, 2.24) is 4.90 Å². The number of cyclic esters (lactones) is 1. The van der Waals surface area contributed by atoms with Crippen molar-refractivity contribution < 1.29 is 33.6 Å². The van der Waals surface area contributed by atoms with Gasteiger partial charge in [-0.15, -0.1) is 0 Å². The second kappa shape index (κ2) is 10.3. The molecule has 4 rings (SSSR count). The van der Waals surface area contributed by atoms with E-state index in [0.29, 0.717) is 41.2 Å². The third-order valence-electron chi connectivity index (χ3n) is 6.19. The van der Waals surface area contributed by atoms with Gasteiger partial charge in [-0.25, -0.2) is 9.59 Å². The number of carbonyl (C=O) groups excluding carboxylic acids is 2. The maximum Gasteiger partial charge on any atom is 0.415 e. The average molecular weight is 504 g/mol. The monoisotopic (exact) mass is 503 g/mol. The highest BCUT2D eigenvalue weighted by molar-refractivity contribution is 6.32. The van der Waals surface area contributed by atoms with Crippen LogP contribution in [0.25, 0.3) is 0 Å². The number of esters is 1. The zero-order chi connectivity index (χ0) is 25.3. The Morgan fingerprint density at radius 2 is 1.97 bits per heavy atom. The van der Waals surface area contributed by atoms with Crippen LogP contribution in [0.5, 0.6) is 23.0 Å². The molecule has 1 saturated heterocycles. The van der Waals surface area contributed by atoms with Crippen LogP contribution >= 0.6 is 11.6 Å². The fraction of sp³-hybridized carbons (Fsp3) is 0.462. The molecule has 0 radical (unpaired) electrons. The van der Waals surface area contributed by atoms with Crippen molar-refractivity contribution in [1.29, 1.82) is 0 Å². The van der Waals surface area contributed by atoms with Crippen LogP contribution < -0.4 is 14.2 Å². The van der Waals surface area contributed by atoms with Crippen molar-refractivity contribution in [3.8, 4) is 23.0 Å². The van der Waals surface area contributed by atoms with Gasteiger partial charge in [-0.3, -0.25) is 0 Å². The van der Waals surface area contributed by atoms with Gasteiger partial charge in [0.25, 0.3) is 0 Å². The lowest BCUT2D eigenvalue weighted by Gasteiger charge is -2.25. The Kier molecular flexibility index (Phi) is 7.42. The van der Waals surface area contributed by atoms with Crippen LogP contribution in [0, 0.1) is 12.8 Å². The second-order valence-electron chi connectivity index (χ2n) is 9.26. The molecule has 1 amide bonds. The third kappa shape index (κ3) is 5.04. The van der Waals surface area contributed by atoms with E-state index >= 15 is 0 Å². The summed E-state index contributed by atoms with van der Waals surface area (Å²) in [7, 11) is 1.42. The highest BCUT2D eigenvalue weighted by atomic mass is 35.5. The molecular weight excluding hydrogens is 474 g/mol. The molecule has 2 heterocycles. The number of methoxy groups -OCH3 is 1. The molecule has 1 N–H and O–H groups in total. The molecule has 0 aliphatic carbocycles. The van der Waals surface area contributed by atoms with Crippen molar-refractivity contribution in [2.45, 2.75) is 52.7 Å². The molecule has 0 spiro atoms. The van der Waals surface area contributed by atoms with Gasteiger partial charge in [0.2, 0.25) is 0 Å². The van der Waals surface area contributed by atoms with E-state index in [1.165, 1.54) is 7.11 Å². The highest BCUT2D eigenvalue weighted by Crippen LogP contribution is 2.47. The number of aryl methyl sites for hydroxylation is 1. The van der Waals surface area contributed by atoms with Crippen LogP contribution in [0.1, 0.15) is 66.3 Å². The predicted molar refractivity (Wildman–Crippen MR) is 130 cm³/mol.